The molecule has 7 heteroatoms. The van der Waals surface area contributed by atoms with Crippen LogP contribution in [-0.2, 0) is 22.4 Å². The van der Waals surface area contributed by atoms with E-state index in [9.17, 15) is 9.59 Å². The maximum atomic E-state index is 13.7. The van der Waals surface area contributed by atoms with Gasteiger partial charge in [-0.2, -0.15) is 0 Å². The lowest BCUT2D eigenvalue weighted by atomic mass is 9.73. The first kappa shape index (κ1) is 25.2. The summed E-state index contributed by atoms with van der Waals surface area (Å²) in [5, 5.41) is 0. The molecule has 2 amide bonds. The van der Waals surface area contributed by atoms with E-state index in [1.54, 1.807) is 6.20 Å². The van der Waals surface area contributed by atoms with Crippen molar-refractivity contribution in [3.05, 3.63) is 59.9 Å². The van der Waals surface area contributed by atoms with E-state index in [-0.39, 0.29) is 11.8 Å². The number of nitrogens with two attached hydrogens (primary N) is 1. The number of amides is 2. The SMILES string of the molecule is CN1CCOc2ccccc2CCCCCC2(CCN(C(=O)[C@@H](N)Cc3ccccn3)CC2)C1=O. The number of benzene rings is 1. The van der Waals surface area contributed by atoms with E-state index in [0.717, 1.165) is 43.5 Å². The smallest absolute Gasteiger partial charge is 0.239 e. The highest BCUT2D eigenvalue weighted by atomic mass is 16.5. The molecule has 0 radical (unpaired) electrons. The molecule has 1 saturated heterocycles. The van der Waals surface area contributed by atoms with E-state index in [1.807, 2.05) is 47.2 Å². The Morgan fingerprint density at radius 1 is 1.06 bits per heavy atom. The molecule has 2 aliphatic heterocycles. The van der Waals surface area contributed by atoms with Crippen LogP contribution in [0.15, 0.2) is 48.7 Å². The predicted molar refractivity (Wildman–Crippen MR) is 136 cm³/mol. The summed E-state index contributed by atoms with van der Waals surface area (Å²) in [5.74, 6) is 1.05. The number of para-hydroxylation sites is 1. The molecule has 1 atom stereocenters. The van der Waals surface area contributed by atoms with Crippen molar-refractivity contribution in [3.63, 3.8) is 0 Å². The van der Waals surface area contributed by atoms with Crippen LogP contribution in [0.3, 0.4) is 0 Å². The molecule has 2 N–H and O–H groups in total. The third-order valence-corrected chi connectivity index (χ3v) is 7.56. The zero-order valence-corrected chi connectivity index (χ0v) is 20.8. The zero-order valence-electron chi connectivity index (χ0n) is 20.8. The summed E-state index contributed by atoms with van der Waals surface area (Å²) >= 11 is 0. The number of nitrogens with zero attached hydrogens (tertiary/aromatic N) is 3. The lowest BCUT2D eigenvalue weighted by Crippen LogP contribution is -2.54. The largest absolute Gasteiger partial charge is 0.491 e. The van der Waals surface area contributed by atoms with Gasteiger partial charge in [0, 0.05) is 38.4 Å². The summed E-state index contributed by atoms with van der Waals surface area (Å²) in [6.07, 6.45) is 8.51. The molecule has 1 aromatic carbocycles. The first-order chi connectivity index (χ1) is 17.0. The van der Waals surface area contributed by atoms with Gasteiger partial charge in [-0.25, -0.2) is 0 Å². The normalized spacial score (nSPS) is 20.1. The Bertz CT molecular complexity index is 989. The van der Waals surface area contributed by atoms with E-state index >= 15 is 0 Å². The third-order valence-electron chi connectivity index (χ3n) is 7.56. The van der Waals surface area contributed by atoms with Gasteiger partial charge < -0.3 is 20.3 Å². The Labute approximate surface area is 208 Å². The van der Waals surface area contributed by atoms with Crippen molar-refractivity contribution in [3.8, 4) is 5.75 Å². The fourth-order valence-electron chi connectivity index (χ4n) is 5.40. The summed E-state index contributed by atoms with van der Waals surface area (Å²) in [7, 11) is 1.87. The molecule has 188 valence electrons. The number of likely N-dealkylation sites (tertiary alicyclic amines) is 1. The molecule has 4 rings (SSSR count). The minimum Gasteiger partial charge on any atom is -0.491 e. The maximum absolute atomic E-state index is 13.7. The van der Waals surface area contributed by atoms with Gasteiger partial charge >= 0.3 is 0 Å². The summed E-state index contributed by atoms with van der Waals surface area (Å²) in [5.41, 5.74) is 7.88. The summed E-state index contributed by atoms with van der Waals surface area (Å²) in [6, 6.07) is 13.2. The number of rotatable bonds is 3. The van der Waals surface area contributed by atoms with Gasteiger partial charge in [0.1, 0.15) is 12.4 Å². The summed E-state index contributed by atoms with van der Waals surface area (Å²) < 4.78 is 6.05. The van der Waals surface area contributed by atoms with Crippen LogP contribution in [0.2, 0.25) is 0 Å². The number of pyridine rings is 1. The molecule has 0 saturated carbocycles. The standard InChI is InChI=1S/C28H38N4O3/c1-31-19-20-35-25-12-5-4-10-22(25)9-3-2-7-13-28(27(31)34)14-17-32(18-15-28)26(33)24(29)21-23-11-6-8-16-30-23/h4-6,8,10-12,16,24H,2-3,7,9,13-15,17-21,29H2,1H3/t24-/m0/s1. The van der Waals surface area contributed by atoms with Gasteiger partial charge in [0.15, 0.2) is 0 Å². The van der Waals surface area contributed by atoms with Gasteiger partial charge in [0.25, 0.3) is 0 Å². The van der Waals surface area contributed by atoms with E-state index in [4.69, 9.17) is 10.5 Å². The number of hydrogen-bond acceptors (Lipinski definition) is 5. The van der Waals surface area contributed by atoms with Crippen LogP contribution in [0.1, 0.15) is 49.8 Å². The minimum atomic E-state index is -0.615. The highest BCUT2D eigenvalue weighted by molar-refractivity contribution is 5.84. The van der Waals surface area contributed by atoms with Crippen molar-refractivity contribution in [1.29, 1.82) is 0 Å². The molecule has 7 nitrogen and oxygen atoms in total. The van der Waals surface area contributed by atoms with Crippen molar-refractivity contribution in [1.82, 2.24) is 14.8 Å². The second-order valence-corrected chi connectivity index (χ2v) is 9.98. The van der Waals surface area contributed by atoms with Gasteiger partial charge in [-0.15, -0.1) is 0 Å². The molecule has 1 aromatic heterocycles. The number of fused-ring (bicyclic) bond motifs is 1. The summed E-state index contributed by atoms with van der Waals surface area (Å²) in [6.45, 7) is 2.15. The summed E-state index contributed by atoms with van der Waals surface area (Å²) in [4.78, 5) is 34.6. The molecule has 0 bridgehead atoms. The van der Waals surface area contributed by atoms with Crippen molar-refractivity contribution in [2.45, 2.75) is 57.4 Å². The van der Waals surface area contributed by atoms with Gasteiger partial charge in [-0.3, -0.25) is 14.6 Å². The number of likely N-dealkylation sites (N-methyl/N-ethyl adjacent to an activating group) is 1. The van der Waals surface area contributed by atoms with E-state index in [0.29, 0.717) is 45.5 Å². The van der Waals surface area contributed by atoms with Crippen molar-refractivity contribution >= 4 is 11.8 Å². The second kappa shape index (κ2) is 11.7. The average molecular weight is 479 g/mol. The fourth-order valence-corrected chi connectivity index (χ4v) is 5.40. The van der Waals surface area contributed by atoms with Crippen molar-refractivity contribution in [2.24, 2.45) is 11.1 Å². The number of carbonyl (C=O) groups is 2. The molecule has 0 aliphatic carbocycles. The van der Waals surface area contributed by atoms with Crippen molar-refractivity contribution in [2.75, 3.05) is 33.3 Å². The molecule has 2 aromatic rings. The second-order valence-electron chi connectivity index (χ2n) is 9.98. The van der Waals surface area contributed by atoms with Gasteiger partial charge in [0.2, 0.25) is 11.8 Å². The van der Waals surface area contributed by atoms with Crippen LogP contribution >= 0.6 is 0 Å². The maximum Gasteiger partial charge on any atom is 0.239 e. The Hall–Kier alpha value is -2.93. The Morgan fingerprint density at radius 2 is 1.83 bits per heavy atom. The van der Waals surface area contributed by atoms with Crippen LogP contribution in [-0.4, -0.2) is 65.9 Å². The van der Waals surface area contributed by atoms with Gasteiger partial charge in [0.05, 0.1) is 18.0 Å². The molecular formula is C28H38N4O3. The number of aryl methyl sites for hydroxylation is 1. The van der Waals surface area contributed by atoms with Crippen LogP contribution in [0.25, 0.3) is 0 Å². The Morgan fingerprint density at radius 3 is 2.60 bits per heavy atom. The highest BCUT2D eigenvalue weighted by Gasteiger charge is 2.43. The Kier molecular flexibility index (Phi) is 8.39. The molecule has 1 fully saturated rings. The number of ether oxygens (including phenoxy) is 1. The molecule has 35 heavy (non-hydrogen) atoms. The van der Waals surface area contributed by atoms with E-state index in [2.05, 4.69) is 17.1 Å². The lowest BCUT2D eigenvalue weighted by Gasteiger charge is -2.43. The monoisotopic (exact) mass is 478 g/mol. The van der Waals surface area contributed by atoms with Crippen LogP contribution in [0.4, 0.5) is 0 Å². The number of aromatic nitrogens is 1. The number of piperidine rings is 1. The number of carbonyl (C=O) groups excluding carboxylic acids is 2. The molecule has 2 aliphatic rings. The lowest BCUT2D eigenvalue weighted by molar-refractivity contribution is -0.148. The fraction of sp³-hybridized carbons (Fsp3) is 0.536. The Balaban J connectivity index is 1.39. The topological polar surface area (TPSA) is 88.8 Å². The molecular weight excluding hydrogens is 440 g/mol. The van der Waals surface area contributed by atoms with E-state index < -0.39 is 11.5 Å². The van der Waals surface area contributed by atoms with Crippen LogP contribution in [0, 0.1) is 5.41 Å². The first-order valence-electron chi connectivity index (χ1n) is 12.9. The van der Waals surface area contributed by atoms with Crippen molar-refractivity contribution < 1.29 is 14.3 Å². The predicted octanol–water partition coefficient (Wildman–Crippen LogP) is 3.21. The van der Waals surface area contributed by atoms with Gasteiger partial charge in [-0.1, -0.05) is 37.1 Å². The first-order valence-corrected chi connectivity index (χ1v) is 12.9. The zero-order chi connectivity index (χ0) is 24.7. The number of hydrogen-bond donors (Lipinski definition) is 1. The highest BCUT2D eigenvalue weighted by Crippen LogP contribution is 2.39. The minimum absolute atomic E-state index is 0.0536. The quantitative estimate of drug-likeness (QED) is 0.732. The van der Waals surface area contributed by atoms with Crippen LogP contribution in [0.5, 0.6) is 5.75 Å². The molecule has 3 heterocycles. The molecule has 0 unspecified atom stereocenters. The van der Waals surface area contributed by atoms with E-state index in [1.165, 1.54) is 5.56 Å². The average Bonchev–Trinajstić information content (AvgIpc) is 2.89. The van der Waals surface area contributed by atoms with Crippen LogP contribution < -0.4 is 10.5 Å². The molecule has 1 spiro atoms. The third kappa shape index (κ3) is 6.20. The van der Waals surface area contributed by atoms with Gasteiger partial charge in [-0.05, 0) is 55.9 Å².